The Balaban J connectivity index is 1.89. The van der Waals surface area contributed by atoms with E-state index in [-0.39, 0.29) is 6.23 Å². The van der Waals surface area contributed by atoms with Crippen LogP contribution in [-0.4, -0.2) is 29.3 Å². The Morgan fingerprint density at radius 1 is 1.44 bits per heavy atom. The van der Waals surface area contributed by atoms with Crippen LogP contribution in [0.25, 0.3) is 5.57 Å². The van der Waals surface area contributed by atoms with E-state index in [1.807, 2.05) is 10.9 Å². The monoisotopic (exact) mass is 242 g/mol. The van der Waals surface area contributed by atoms with Crippen molar-refractivity contribution in [3.05, 3.63) is 24.0 Å². The van der Waals surface area contributed by atoms with Gasteiger partial charge in [-0.2, -0.15) is 0 Å². The third kappa shape index (κ3) is 2.34. The molecular formula is C14H19BN2O. The zero-order valence-corrected chi connectivity index (χ0v) is 10.9. The fourth-order valence-electron chi connectivity index (χ4n) is 2.70. The van der Waals surface area contributed by atoms with Gasteiger partial charge in [0.15, 0.2) is 0 Å². The summed E-state index contributed by atoms with van der Waals surface area (Å²) in [5, 5.41) is 4.46. The first-order chi connectivity index (χ1) is 8.84. The maximum absolute atomic E-state index is 5.83. The Hall–Kier alpha value is -1.16. The van der Waals surface area contributed by atoms with Crippen LogP contribution in [-0.2, 0) is 4.74 Å². The molecule has 2 aliphatic rings. The Morgan fingerprint density at radius 3 is 3.17 bits per heavy atom. The molecule has 3 heterocycles. The van der Waals surface area contributed by atoms with Gasteiger partial charge in [0.1, 0.15) is 0 Å². The second-order valence-corrected chi connectivity index (χ2v) is 5.22. The van der Waals surface area contributed by atoms with Crippen LogP contribution in [0, 0.1) is 5.92 Å². The summed E-state index contributed by atoms with van der Waals surface area (Å²) in [6, 6.07) is 2.09. The van der Waals surface area contributed by atoms with Crippen molar-refractivity contribution in [1.29, 1.82) is 0 Å². The van der Waals surface area contributed by atoms with Crippen molar-refractivity contribution in [2.75, 3.05) is 6.61 Å². The predicted molar refractivity (Wildman–Crippen MR) is 74.8 cm³/mol. The van der Waals surface area contributed by atoms with Crippen LogP contribution in [0.2, 0.25) is 6.32 Å². The van der Waals surface area contributed by atoms with Gasteiger partial charge in [0.25, 0.3) is 0 Å². The molecule has 3 nitrogen and oxygen atoms in total. The molecule has 2 atom stereocenters. The molecule has 1 fully saturated rings. The van der Waals surface area contributed by atoms with E-state index in [9.17, 15) is 0 Å². The summed E-state index contributed by atoms with van der Waals surface area (Å²) in [5.74, 6) is 2.82. The Kier molecular flexibility index (Phi) is 3.46. The molecule has 0 saturated carbocycles. The summed E-state index contributed by atoms with van der Waals surface area (Å²) in [5.41, 5.74) is 2.46. The van der Waals surface area contributed by atoms with Gasteiger partial charge in [0.05, 0.1) is 0 Å². The Morgan fingerprint density at radius 2 is 2.39 bits per heavy atom. The van der Waals surface area contributed by atoms with Gasteiger partial charge in [-0.05, 0) is 0 Å². The molecular weight excluding hydrogens is 223 g/mol. The summed E-state index contributed by atoms with van der Waals surface area (Å²) in [4.78, 5) is 0. The standard InChI is InChI=1S/C14H19BN2O/c1-11-8-12(10-15-9-11)13-5-6-16-17(13)14-4-2-3-7-18-14/h5-6,8,10-11,14H,2-4,7,9H2,1H3. The molecule has 0 aromatic carbocycles. The van der Waals surface area contributed by atoms with Crippen LogP contribution in [0.5, 0.6) is 0 Å². The van der Waals surface area contributed by atoms with E-state index >= 15 is 0 Å². The van der Waals surface area contributed by atoms with E-state index in [0.29, 0.717) is 5.92 Å². The van der Waals surface area contributed by atoms with Crippen LogP contribution < -0.4 is 0 Å². The molecule has 3 rings (SSSR count). The summed E-state index contributed by atoms with van der Waals surface area (Å²) in [6.45, 7) is 5.36. The van der Waals surface area contributed by atoms with Crippen LogP contribution in [0.4, 0.5) is 0 Å². The summed E-state index contributed by atoms with van der Waals surface area (Å²) in [7, 11) is 0. The number of aromatic nitrogens is 2. The molecule has 1 aromatic rings. The topological polar surface area (TPSA) is 27.1 Å². The fourth-order valence-corrected chi connectivity index (χ4v) is 2.70. The van der Waals surface area contributed by atoms with Gasteiger partial charge in [-0.3, -0.25) is 0 Å². The van der Waals surface area contributed by atoms with Gasteiger partial charge < -0.3 is 0 Å². The van der Waals surface area contributed by atoms with Gasteiger partial charge in [0, 0.05) is 0 Å². The van der Waals surface area contributed by atoms with E-state index in [1.165, 1.54) is 24.1 Å². The first-order valence-corrected chi connectivity index (χ1v) is 6.88. The van der Waals surface area contributed by atoms with Crippen molar-refractivity contribution < 1.29 is 4.74 Å². The number of rotatable bonds is 2. The van der Waals surface area contributed by atoms with E-state index in [0.717, 1.165) is 19.3 Å². The minimum atomic E-state index is 0.121. The molecule has 0 spiro atoms. The number of nitrogens with zero attached hydrogens (tertiary/aromatic N) is 2. The average Bonchev–Trinajstić information content (AvgIpc) is 2.89. The Bertz CT molecular complexity index is 472. The molecule has 0 N–H and O–H groups in total. The van der Waals surface area contributed by atoms with E-state index in [1.54, 1.807) is 0 Å². The SMILES string of the molecule is CC1C=C(c2ccnn2C2CCCCO2)C=BC1. The van der Waals surface area contributed by atoms with Crippen LogP contribution >= 0.6 is 0 Å². The normalized spacial score (nSPS) is 27.7. The van der Waals surface area contributed by atoms with Gasteiger partial charge >= 0.3 is 108 Å². The molecule has 94 valence electrons. The predicted octanol–water partition coefficient (Wildman–Crippen LogP) is 2.54. The molecule has 1 aromatic heterocycles. The van der Waals surface area contributed by atoms with Crippen molar-refractivity contribution >= 4 is 18.5 Å². The number of allylic oxidation sites excluding steroid dienone is 2. The molecule has 0 bridgehead atoms. The first-order valence-electron chi connectivity index (χ1n) is 6.88. The molecule has 1 saturated heterocycles. The second kappa shape index (κ2) is 5.23. The quantitative estimate of drug-likeness (QED) is 0.745. The Labute approximate surface area is 109 Å². The van der Waals surface area contributed by atoms with Crippen molar-refractivity contribution in [2.24, 2.45) is 5.92 Å². The number of hydrogen-bond acceptors (Lipinski definition) is 2. The molecule has 18 heavy (non-hydrogen) atoms. The maximum atomic E-state index is 5.83. The van der Waals surface area contributed by atoms with Gasteiger partial charge in [0.2, 0.25) is 0 Å². The van der Waals surface area contributed by atoms with Gasteiger partial charge in [-0.25, -0.2) is 0 Å². The van der Waals surface area contributed by atoms with Crippen LogP contribution in [0.3, 0.4) is 0 Å². The number of hydrogen-bond donors (Lipinski definition) is 0. The fraction of sp³-hybridized carbons (Fsp3) is 0.571. The molecule has 0 radical (unpaired) electrons. The van der Waals surface area contributed by atoms with Crippen molar-refractivity contribution in [1.82, 2.24) is 9.78 Å². The first kappa shape index (κ1) is 11.9. The molecule has 2 unspecified atom stereocenters. The van der Waals surface area contributed by atoms with E-state index < -0.39 is 0 Å². The minimum absolute atomic E-state index is 0.121. The van der Waals surface area contributed by atoms with Gasteiger partial charge in [-0.15, -0.1) is 0 Å². The molecule has 2 aliphatic heterocycles. The zero-order chi connectivity index (χ0) is 12.4. The van der Waals surface area contributed by atoms with Crippen LogP contribution in [0.1, 0.15) is 38.1 Å². The van der Waals surface area contributed by atoms with Crippen LogP contribution in [0.15, 0.2) is 18.3 Å². The van der Waals surface area contributed by atoms with E-state index in [4.69, 9.17) is 4.74 Å². The second-order valence-electron chi connectivity index (χ2n) is 5.22. The summed E-state index contributed by atoms with van der Waals surface area (Å²) < 4.78 is 7.88. The third-order valence-corrected chi connectivity index (χ3v) is 3.66. The van der Waals surface area contributed by atoms with Crippen molar-refractivity contribution in [3.8, 4) is 0 Å². The summed E-state index contributed by atoms with van der Waals surface area (Å²) in [6.07, 6.45) is 8.94. The molecule has 4 heteroatoms. The van der Waals surface area contributed by atoms with E-state index in [2.05, 4.69) is 37.1 Å². The van der Waals surface area contributed by atoms with Crippen molar-refractivity contribution in [3.63, 3.8) is 0 Å². The summed E-state index contributed by atoms with van der Waals surface area (Å²) >= 11 is 0. The third-order valence-electron chi connectivity index (χ3n) is 3.66. The van der Waals surface area contributed by atoms with Gasteiger partial charge in [-0.1, -0.05) is 0 Å². The molecule has 0 amide bonds. The van der Waals surface area contributed by atoms with Crippen molar-refractivity contribution in [2.45, 2.75) is 38.7 Å². The molecule has 0 aliphatic carbocycles. The number of ether oxygens (including phenoxy) is 1. The average molecular weight is 242 g/mol. The zero-order valence-electron chi connectivity index (χ0n) is 10.9.